The van der Waals surface area contributed by atoms with Crippen LogP contribution in [0.5, 0.6) is 11.5 Å². The molecule has 1 N–H and O–H groups in total. The first-order valence-corrected chi connectivity index (χ1v) is 9.89. The fraction of sp³-hybridized carbons (Fsp3) is 0.182. The van der Waals surface area contributed by atoms with E-state index in [9.17, 15) is 0 Å². The average molecular weight is 391 g/mol. The summed E-state index contributed by atoms with van der Waals surface area (Å²) >= 11 is 1.68. The molecule has 6 heteroatoms. The van der Waals surface area contributed by atoms with Crippen LogP contribution in [0.3, 0.4) is 0 Å². The van der Waals surface area contributed by atoms with Gasteiger partial charge in [0.1, 0.15) is 28.5 Å². The van der Waals surface area contributed by atoms with Crippen molar-refractivity contribution in [2.24, 2.45) is 0 Å². The number of aryl methyl sites for hydroxylation is 1. The zero-order valence-electron chi connectivity index (χ0n) is 16.0. The predicted molar refractivity (Wildman–Crippen MR) is 115 cm³/mol. The van der Waals surface area contributed by atoms with Gasteiger partial charge in [-0.25, -0.2) is 9.97 Å². The number of nitrogens with zero attached hydrogens (tertiary/aromatic N) is 2. The Morgan fingerprint density at radius 3 is 2.36 bits per heavy atom. The average Bonchev–Trinajstić information content (AvgIpc) is 3.06. The van der Waals surface area contributed by atoms with Gasteiger partial charge in [0.2, 0.25) is 0 Å². The molecule has 0 aliphatic rings. The highest BCUT2D eigenvalue weighted by Crippen LogP contribution is 2.41. The van der Waals surface area contributed by atoms with Crippen LogP contribution in [0.1, 0.15) is 11.8 Å². The minimum absolute atomic E-state index is 0.656. The number of methoxy groups -OCH3 is 1. The van der Waals surface area contributed by atoms with Crippen LogP contribution in [0.4, 0.5) is 11.5 Å². The first-order valence-electron chi connectivity index (χ1n) is 9.08. The van der Waals surface area contributed by atoms with Crippen molar-refractivity contribution in [2.45, 2.75) is 13.8 Å². The Morgan fingerprint density at radius 2 is 1.68 bits per heavy atom. The number of nitrogens with one attached hydrogen (secondary N) is 1. The maximum absolute atomic E-state index is 5.57. The van der Waals surface area contributed by atoms with E-state index < -0.39 is 0 Å². The lowest BCUT2D eigenvalue weighted by Gasteiger charge is -2.10. The summed E-state index contributed by atoms with van der Waals surface area (Å²) in [6.45, 7) is 4.76. The molecule has 0 saturated heterocycles. The smallest absolute Gasteiger partial charge is 0.143 e. The van der Waals surface area contributed by atoms with Gasteiger partial charge in [-0.3, -0.25) is 0 Å². The molecule has 0 spiro atoms. The molecule has 4 aromatic rings. The molecule has 0 atom stereocenters. The van der Waals surface area contributed by atoms with Crippen LogP contribution in [0, 0.1) is 6.92 Å². The highest BCUT2D eigenvalue weighted by molar-refractivity contribution is 7.19. The second kappa shape index (κ2) is 7.86. The van der Waals surface area contributed by atoms with Crippen molar-refractivity contribution >= 4 is 33.1 Å². The lowest BCUT2D eigenvalue weighted by Crippen LogP contribution is -1.96. The van der Waals surface area contributed by atoms with Gasteiger partial charge in [-0.2, -0.15) is 0 Å². The third-order valence-electron chi connectivity index (χ3n) is 4.47. The zero-order chi connectivity index (χ0) is 19.5. The summed E-state index contributed by atoms with van der Waals surface area (Å²) in [5.74, 6) is 2.49. The van der Waals surface area contributed by atoms with Gasteiger partial charge in [0, 0.05) is 16.1 Å². The summed E-state index contributed by atoms with van der Waals surface area (Å²) in [6.07, 6.45) is 1.60. The van der Waals surface area contributed by atoms with Gasteiger partial charge in [-0.1, -0.05) is 12.1 Å². The van der Waals surface area contributed by atoms with E-state index in [2.05, 4.69) is 34.3 Å². The van der Waals surface area contributed by atoms with Crippen LogP contribution in [0.15, 0.2) is 54.9 Å². The molecule has 28 heavy (non-hydrogen) atoms. The topological polar surface area (TPSA) is 56.3 Å². The normalized spacial score (nSPS) is 10.8. The van der Waals surface area contributed by atoms with Gasteiger partial charge < -0.3 is 14.8 Å². The summed E-state index contributed by atoms with van der Waals surface area (Å²) in [5, 5.41) is 4.46. The first kappa shape index (κ1) is 18.3. The standard InChI is InChI=1S/C22H21N3O2S/c1-4-27-18-9-5-15(6-10-18)19-14(2)28-22-20(19)21(23-13-24-22)25-16-7-11-17(26-3)12-8-16/h5-13H,4H2,1-3H3,(H,23,24,25). The lowest BCUT2D eigenvalue weighted by atomic mass is 10.0. The van der Waals surface area contributed by atoms with Gasteiger partial charge in [-0.05, 0) is 55.8 Å². The quantitative estimate of drug-likeness (QED) is 0.449. The second-order valence-corrected chi connectivity index (χ2v) is 7.45. The van der Waals surface area contributed by atoms with Crippen molar-refractivity contribution in [1.29, 1.82) is 0 Å². The third kappa shape index (κ3) is 3.51. The van der Waals surface area contributed by atoms with E-state index in [4.69, 9.17) is 9.47 Å². The molecule has 2 aromatic carbocycles. The summed E-state index contributed by atoms with van der Waals surface area (Å²) < 4.78 is 10.8. The molecule has 5 nitrogen and oxygen atoms in total. The van der Waals surface area contributed by atoms with Crippen LogP contribution < -0.4 is 14.8 Å². The number of aromatic nitrogens is 2. The summed E-state index contributed by atoms with van der Waals surface area (Å²) in [5.41, 5.74) is 3.22. The largest absolute Gasteiger partial charge is 0.497 e. The highest BCUT2D eigenvalue weighted by Gasteiger charge is 2.17. The molecule has 0 radical (unpaired) electrons. The molecule has 0 saturated carbocycles. The zero-order valence-corrected chi connectivity index (χ0v) is 16.8. The molecule has 0 aliphatic carbocycles. The van der Waals surface area contributed by atoms with E-state index in [1.807, 2.05) is 43.3 Å². The maximum atomic E-state index is 5.57. The number of hydrogen-bond donors (Lipinski definition) is 1. The maximum Gasteiger partial charge on any atom is 0.143 e. The Kier molecular flexibility index (Phi) is 5.12. The molecule has 0 bridgehead atoms. The summed E-state index contributed by atoms with van der Waals surface area (Å²) in [4.78, 5) is 11.2. The SMILES string of the molecule is CCOc1ccc(-c2c(C)sc3ncnc(Nc4ccc(OC)cc4)c23)cc1. The summed E-state index contributed by atoms with van der Waals surface area (Å²) in [7, 11) is 1.66. The lowest BCUT2D eigenvalue weighted by molar-refractivity contribution is 0.340. The van der Waals surface area contributed by atoms with Crippen LogP contribution in [-0.4, -0.2) is 23.7 Å². The van der Waals surface area contributed by atoms with E-state index in [0.717, 1.165) is 44.3 Å². The first-order chi connectivity index (χ1) is 13.7. The fourth-order valence-corrected chi connectivity index (χ4v) is 4.19. The number of fused-ring (bicyclic) bond motifs is 1. The fourth-order valence-electron chi connectivity index (χ4n) is 3.18. The van der Waals surface area contributed by atoms with Crippen molar-refractivity contribution in [2.75, 3.05) is 19.0 Å². The van der Waals surface area contributed by atoms with E-state index in [0.29, 0.717) is 6.61 Å². The number of hydrogen-bond acceptors (Lipinski definition) is 6. The van der Waals surface area contributed by atoms with E-state index in [1.165, 1.54) is 4.88 Å². The molecular formula is C22H21N3O2S. The Labute approximate surface area is 168 Å². The Bertz CT molecular complexity index is 1090. The van der Waals surface area contributed by atoms with Gasteiger partial charge in [0.05, 0.1) is 19.1 Å². The Hall–Kier alpha value is -3.12. The predicted octanol–water partition coefficient (Wildman–Crippen LogP) is 5.82. The molecule has 0 amide bonds. The summed E-state index contributed by atoms with van der Waals surface area (Å²) in [6, 6.07) is 16.0. The molecule has 142 valence electrons. The molecule has 2 heterocycles. The molecule has 2 aromatic heterocycles. The number of anilines is 2. The van der Waals surface area contributed by atoms with E-state index in [-0.39, 0.29) is 0 Å². The highest BCUT2D eigenvalue weighted by atomic mass is 32.1. The molecule has 0 aliphatic heterocycles. The minimum Gasteiger partial charge on any atom is -0.497 e. The molecule has 4 rings (SSSR count). The molecule has 0 fully saturated rings. The Balaban J connectivity index is 1.77. The monoisotopic (exact) mass is 391 g/mol. The van der Waals surface area contributed by atoms with E-state index in [1.54, 1.807) is 24.8 Å². The van der Waals surface area contributed by atoms with Crippen LogP contribution in [0.25, 0.3) is 21.3 Å². The van der Waals surface area contributed by atoms with Gasteiger partial charge in [0.25, 0.3) is 0 Å². The van der Waals surface area contributed by atoms with Gasteiger partial charge in [-0.15, -0.1) is 11.3 Å². The molecular weight excluding hydrogens is 370 g/mol. The van der Waals surface area contributed by atoms with Gasteiger partial charge >= 0.3 is 0 Å². The van der Waals surface area contributed by atoms with Crippen molar-refractivity contribution in [3.05, 3.63) is 59.7 Å². The van der Waals surface area contributed by atoms with Crippen LogP contribution in [0.2, 0.25) is 0 Å². The van der Waals surface area contributed by atoms with Crippen molar-refractivity contribution in [3.8, 4) is 22.6 Å². The number of thiophene rings is 1. The third-order valence-corrected chi connectivity index (χ3v) is 5.48. The van der Waals surface area contributed by atoms with Crippen LogP contribution >= 0.6 is 11.3 Å². The van der Waals surface area contributed by atoms with Crippen molar-refractivity contribution in [1.82, 2.24) is 9.97 Å². The van der Waals surface area contributed by atoms with E-state index >= 15 is 0 Å². The number of ether oxygens (including phenoxy) is 2. The van der Waals surface area contributed by atoms with Gasteiger partial charge in [0.15, 0.2) is 0 Å². The van der Waals surface area contributed by atoms with Crippen molar-refractivity contribution < 1.29 is 9.47 Å². The minimum atomic E-state index is 0.656. The van der Waals surface area contributed by atoms with Crippen LogP contribution in [-0.2, 0) is 0 Å². The van der Waals surface area contributed by atoms with Crippen molar-refractivity contribution in [3.63, 3.8) is 0 Å². The molecule has 0 unspecified atom stereocenters. The number of rotatable bonds is 6. The Morgan fingerprint density at radius 1 is 0.964 bits per heavy atom. The second-order valence-electron chi connectivity index (χ2n) is 6.25. The number of benzene rings is 2.